The normalized spacial score (nSPS) is 13.5. The summed E-state index contributed by atoms with van der Waals surface area (Å²) in [7, 11) is 0. The summed E-state index contributed by atoms with van der Waals surface area (Å²) in [5, 5.41) is 7.52. The Morgan fingerprint density at radius 2 is 2.05 bits per heavy atom. The van der Waals surface area contributed by atoms with Gasteiger partial charge in [-0.25, -0.2) is 9.07 Å². The molecule has 1 N–H and O–H groups in total. The van der Waals surface area contributed by atoms with Gasteiger partial charge in [0.1, 0.15) is 11.6 Å². The third-order valence-corrected chi connectivity index (χ3v) is 4.36. The average molecular weight is 305 g/mol. The monoisotopic (exact) mass is 305 g/mol. The van der Waals surface area contributed by atoms with Crippen LogP contribution in [0, 0.1) is 11.7 Å². The topological polar surface area (TPSA) is 46.9 Å². The van der Waals surface area contributed by atoms with E-state index in [1.807, 2.05) is 13.8 Å². The molecule has 2 heterocycles. The Kier molecular flexibility index (Phi) is 3.71. The predicted molar refractivity (Wildman–Crippen MR) is 82.0 cm³/mol. The summed E-state index contributed by atoms with van der Waals surface area (Å²) in [5.74, 6) is 1.95. The number of thioether (sulfide) groups is 1. The fraction of sp³-hybridized carbons (Fsp3) is 0.333. The molecule has 1 aliphatic rings. The van der Waals surface area contributed by atoms with Crippen LogP contribution < -0.4 is 5.32 Å². The lowest BCUT2D eigenvalue weighted by molar-refractivity contribution is -0.118. The Morgan fingerprint density at radius 3 is 2.71 bits per heavy atom. The molecule has 0 saturated carbocycles. The molecular weight excluding hydrogens is 289 g/mol. The Balaban J connectivity index is 2.04. The van der Waals surface area contributed by atoms with Crippen LogP contribution in [0.4, 0.5) is 10.2 Å². The van der Waals surface area contributed by atoms with E-state index in [0.29, 0.717) is 5.82 Å². The molecule has 110 valence electrons. The van der Waals surface area contributed by atoms with Crippen LogP contribution in [0.3, 0.4) is 0 Å². The standard InChI is InChI=1S/C15H16FN3OS/c1-9(2)15(20)17-14-12-7-21-8-13(12)18-19(14)11-5-3-10(16)4-6-11/h3-6,9H,7-8H2,1-2H3,(H,17,20). The highest BCUT2D eigenvalue weighted by molar-refractivity contribution is 7.98. The van der Waals surface area contributed by atoms with Crippen molar-refractivity contribution in [3.05, 3.63) is 41.3 Å². The highest BCUT2D eigenvalue weighted by Gasteiger charge is 2.25. The molecule has 1 aromatic carbocycles. The van der Waals surface area contributed by atoms with Gasteiger partial charge < -0.3 is 5.32 Å². The number of rotatable bonds is 3. The number of fused-ring (bicyclic) bond motifs is 1. The van der Waals surface area contributed by atoms with E-state index in [9.17, 15) is 9.18 Å². The molecule has 1 amide bonds. The van der Waals surface area contributed by atoms with Crippen molar-refractivity contribution in [2.45, 2.75) is 25.4 Å². The Morgan fingerprint density at radius 1 is 1.33 bits per heavy atom. The van der Waals surface area contributed by atoms with Crippen molar-refractivity contribution in [3.63, 3.8) is 0 Å². The van der Waals surface area contributed by atoms with E-state index < -0.39 is 0 Å². The van der Waals surface area contributed by atoms with Gasteiger partial charge in [0, 0.05) is 23.0 Å². The van der Waals surface area contributed by atoms with Gasteiger partial charge >= 0.3 is 0 Å². The first-order valence-electron chi connectivity index (χ1n) is 6.81. The molecule has 2 aromatic rings. The highest BCUT2D eigenvalue weighted by Crippen LogP contribution is 2.36. The zero-order valence-electron chi connectivity index (χ0n) is 11.9. The third-order valence-electron chi connectivity index (χ3n) is 3.39. The molecule has 0 bridgehead atoms. The molecule has 0 fully saturated rings. The van der Waals surface area contributed by atoms with E-state index >= 15 is 0 Å². The SMILES string of the molecule is CC(C)C(=O)Nc1c2c(nn1-c1ccc(F)cc1)CSC2. The van der Waals surface area contributed by atoms with Gasteiger partial charge in [0.15, 0.2) is 0 Å². The molecule has 3 rings (SSSR count). The Bertz CT molecular complexity index is 679. The van der Waals surface area contributed by atoms with Crippen LogP contribution >= 0.6 is 11.8 Å². The minimum atomic E-state index is -0.290. The van der Waals surface area contributed by atoms with E-state index in [1.54, 1.807) is 28.6 Å². The van der Waals surface area contributed by atoms with Crippen LogP contribution in [-0.2, 0) is 16.3 Å². The highest BCUT2D eigenvalue weighted by atomic mass is 32.2. The van der Waals surface area contributed by atoms with Gasteiger partial charge in [-0.3, -0.25) is 4.79 Å². The first-order chi connectivity index (χ1) is 10.1. The summed E-state index contributed by atoms with van der Waals surface area (Å²) in [4.78, 5) is 12.0. The van der Waals surface area contributed by atoms with Gasteiger partial charge in [-0.15, -0.1) is 0 Å². The smallest absolute Gasteiger partial charge is 0.228 e. The first-order valence-corrected chi connectivity index (χ1v) is 7.97. The minimum absolute atomic E-state index is 0.0436. The number of amides is 1. The Labute approximate surface area is 126 Å². The second-order valence-corrected chi connectivity index (χ2v) is 6.28. The van der Waals surface area contributed by atoms with Gasteiger partial charge in [0.2, 0.25) is 5.91 Å². The van der Waals surface area contributed by atoms with E-state index in [2.05, 4.69) is 10.4 Å². The fourth-order valence-electron chi connectivity index (χ4n) is 2.17. The van der Waals surface area contributed by atoms with Crippen LogP contribution in [0.1, 0.15) is 25.1 Å². The van der Waals surface area contributed by atoms with Gasteiger partial charge in [-0.1, -0.05) is 13.8 Å². The van der Waals surface area contributed by atoms with Gasteiger partial charge in [-0.05, 0) is 24.3 Å². The number of aromatic nitrogens is 2. The molecule has 6 heteroatoms. The number of halogens is 1. The predicted octanol–water partition coefficient (Wildman–Crippen LogP) is 3.35. The van der Waals surface area contributed by atoms with Crippen molar-refractivity contribution in [3.8, 4) is 5.69 Å². The lowest BCUT2D eigenvalue weighted by atomic mass is 10.2. The maximum atomic E-state index is 13.1. The fourth-order valence-corrected chi connectivity index (χ4v) is 3.21. The summed E-state index contributed by atoms with van der Waals surface area (Å²) in [6.07, 6.45) is 0. The number of anilines is 1. The molecule has 0 aliphatic carbocycles. The van der Waals surface area contributed by atoms with Gasteiger partial charge in [0.25, 0.3) is 0 Å². The van der Waals surface area contributed by atoms with Crippen molar-refractivity contribution in [2.24, 2.45) is 5.92 Å². The lowest BCUT2D eigenvalue weighted by Gasteiger charge is -2.12. The average Bonchev–Trinajstić information content (AvgIpc) is 3.02. The van der Waals surface area contributed by atoms with Crippen LogP contribution in [0.2, 0.25) is 0 Å². The molecule has 0 radical (unpaired) electrons. The molecule has 0 saturated heterocycles. The lowest BCUT2D eigenvalue weighted by Crippen LogP contribution is -2.20. The Hall–Kier alpha value is -1.82. The van der Waals surface area contributed by atoms with Crippen molar-refractivity contribution in [2.75, 3.05) is 5.32 Å². The molecule has 1 aromatic heterocycles. The van der Waals surface area contributed by atoms with Crippen molar-refractivity contribution in [1.82, 2.24) is 9.78 Å². The zero-order valence-corrected chi connectivity index (χ0v) is 12.7. The van der Waals surface area contributed by atoms with Crippen molar-refractivity contribution < 1.29 is 9.18 Å². The maximum Gasteiger partial charge on any atom is 0.228 e. The summed E-state index contributed by atoms with van der Waals surface area (Å²) < 4.78 is 14.8. The number of nitrogens with zero attached hydrogens (tertiary/aromatic N) is 2. The summed E-state index contributed by atoms with van der Waals surface area (Å²) in [5.41, 5.74) is 2.80. The van der Waals surface area contributed by atoms with Gasteiger partial charge in [-0.2, -0.15) is 16.9 Å². The van der Waals surface area contributed by atoms with Crippen LogP contribution in [-0.4, -0.2) is 15.7 Å². The van der Waals surface area contributed by atoms with Gasteiger partial charge in [0.05, 0.1) is 11.4 Å². The largest absolute Gasteiger partial charge is 0.310 e. The van der Waals surface area contributed by atoms with Crippen LogP contribution in [0.5, 0.6) is 0 Å². The summed E-state index contributed by atoms with van der Waals surface area (Å²) >= 11 is 1.78. The van der Waals surface area contributed by atoms with E-state index in [0.717, 1.165) is 28.5 Å². The summed E-state index contributed by atoms with van der Waals surface area (Å²) in [6.45, 7) is 3.70. The van der Waals surface area contributed by atoms with Crippen molar-refractivity contribution in [1.29, 1.82) is 0 Å². The molecule has 0 spiro atoms. The van der Waals surface area contributed by atoms with E-state index in [4.69, 9.17) is 0 Å². The molecule has 1 aliphatic heterocycles. The van der Waals surface area contributed by atoms with Crippen LogP contribution in [0.25, 0.3) is 5.69 Å². The number of nitrogens with one attached hydrogen (secondary N) is 1. The quantitative estimate of drug-likeness (QED) is 0.946. The maximum absolute atomic E-state index is 13.1. The van der Waals surface area contributed by atoms with E-state index in [-0.39, 0.29) is 17.6 Å². The number of hydrogen-bond donors (Lipinski definition) is 1. The molecule has 0 atom stereocenters. The minimum Gasteiger partial charge on any atom is -0.310 e. The second kappa shape index (κ2) is 5.52. The molecule has 0 unspecified atom stereocenters. The molecular formula is C15H16FN3OS. The first kappa shape index (κ1) is 14.1. The third kappa shape index (κ3) is 2.68. The van der Waals surface area contributed by atoms with E-state index in [1.165, 1.54) is 12.1 Å². The number of benzene rings is 1. The number of carbonyl (C=O) groups is 1. The van der Waals surface area contributed by atoms with Crippen LogP contribution in [0.15, 0.2) is 24.3 Å². The zero-order chi connectivity index (χ0) is 15.0. The molecule has 21 heavy (non-hydrogen) atoms. The number of hydrogen-bond acceptors (Lipinski definition) is 3. The molecule has 4 nitrogen and oxygen atoms in total. The second-order valence-electron chi connectivity index (χ2n) is 5.30. The number of carbonyl (C=O) groups excluding carboxylic acids is 1. The van der Waals surface area contributed by atoms with Crippen molar-refractivity contribution >= 4 is 23.5 Å². The summed E-state index contributed by atoms with van der Waals surface area (Å²) in [6, 6.07) is 6.11.